The third kappa shape index (κ3) is 4.64. The number of nitrogens with zero attached hydrogens (tertiary/aromatic N) is 2. The summed E-state index contributed by atoms with van der Waals surface area (Å²) in [6, 6.07) is 1.40. The summed E-state index contributed by atoms with van der Waals surface area (Å²) in [5, 5.41) is 10.4. The minimum atomic E-state index is -0.267. The van der Waals surface area contributed by atoms with Crippen LogP contribution < -0.4 is 5.73 Å². The number of ketones is 2. The van der Waals surface area contributed by atoms with Gasteiger partial charge in [-0.15, -0.1) is 6.58 Å². The van der Waals surface area contributed by atoms with E-state index in [0.29, 0.717) is 5.56 Å². The zero-order valence-corrected chi connectivity index (χ0v) is 14.2. The normalized spacial score (nSPS) is 11.0. The molecule has 1 rings (SSSR count). The lowest BCUT2D eigenvalue weighted by Gasteiger charge is -2.17. The van der Waals surface area contributed by atoms with Crippen molar-refractivity contribution in [1.29, 1.82) is 0 Å². The van der Waals surface area contributed by atoms with Crippen LogP contribution in [0.25, 0.3) is 0 Å². The highest BCUT2D eigenvalue weighted by Gasteiger charge is 2.23. The molecule has 0 aliphatic heterocycles. The van der Waals surface area contributed by atoms with Crippen LogP contribution in [0.4, 0.5) is 5.69 Å². The Bertz CT molecular complexity index is 576. The van der Waals surface area contributed by atoms with Crippen LogP contribution in [0.1, 0.15) is 26.3 Å². The predicted molar refractivity (Wildman–Crippen MR) is 92.2 cm³/mol. The number of carbonyl (C=O) groups is 2. The Labute approximate surface area is 137 Å². The van der Waals surface area contributed by atoms with Crippen molar-refractivity contribution >= 4 is 17.3 Å². The molecule has 0 bridgehead atoms. The van der Waals surface area contributed by atoms with Gasteiger partial charge in [-0.1, -0.05) is 6.08 Å². The van der Waals surface area contributed by atoms with Gasteiger partial charge >= 0.3 is 0 Å². The number of Topliss-reactive ketones (excluding diaryl/α,β-unsaturated/α-hetero) is 2. The Balaban J connectivity index is 3.46. The van der Waals surface area contributed by atoms with E-state index in [0.717, 1.165) is 0 Å². The van der Waals surface area contributed by atoms with Crippen molar-refractivity contribution < 1.29 is 14.7 Å². The number of phenols is 1. The lowest BCUT2D eigenvalue weighted by Crippen LogP contribution is -2.25. The molecule has 0 amide bonds. The van der Waals surface area contributed by atoms with Crippen molar-refractivity contribution in [3.63, 3.8) is 0 Å². The first-order valence-corrected chi connectivity index (χ1v) is 7.30. The molecule has 0 unspecified atom stereocenters. The van der Waals surface area contributed by atoms with E-state index in [9.17, 15) is 14.7 Å². The van der Waals surface area contributed by atoms with Crippen LogP contribution in [0.3, 0.4) is 0 Å². The number of allylic oxidation sites excluding steroid dienone is 1. The SMILES string of the molecule is C=CCc1c(N)c(C(=O)CN(C)C)cc(C(=O)CN(C)C)c1O. The third-order valence-corrected chi connectivity index (χ3v) is 3.31. The van der Waals surface area contributed by atoms with E-state index in [-0.39, 0.29) is 53.6 Å². The molecular formula is C17H25N3O3. The maximum absolute atomic E-state index is 12.4. The van der Waals surface area contributed by atoms with Crippen LogP contribution in [0.15, 0.2) is 18.7 Å². The number of hydrogen-bond donors (Lipinski definition) is 2. The lowest BCUT2D eigenvalue weighted by atomic mass is 9.94. The number of phenolic OH excluding ortho intramolecular Hbond substituents is 1. The molecule has 0 saturated carbocycles. The molecule has 0 fully saturated rings. The molecule has 0 aliphatic rings. The van der Waals surface area contributed by atoms with Gasteiger partial charge in [0.25, 0.3) is 0 Å². The van der Waals surface area contributed by atoms with Crippen molar-refractivity contribution in [2.24, 2.45) is 0 Å². The summed E-state index contributed by atoms with van der Waals surface area (Å²) in [6.45, 7) is 3.93. The average molecular weight is 319 g/mol. The number of likely N-dealkylation sites (N-methyl/N-ethyl adjacent to an activating group) is 2. The smallest absolute Gasteiger partial charge is 0.180 e. The summed E-state index contributed by atoms with van der Waals surface area (Å²) in [4.78, 5) is 28.2. The standard InChI is InChI=1S/C17H25N3O3/c1-6-7-11-16(18)12(14(21)9-19(2)3)8-13(17(11)23)15(22)10-20(4)5/h6,8,23H,1,7,9-10,18H2,2-5H3. The summed E-state index contributed by atoms with van der Waals surface area (Å²) in [6.07, 6.45) is 1.86. The van der Waals surface area contributed by atoms with E-state index < -0.39 is 0 Å². The van der Waals surface area contributed by atoms with Crippen LogP contribution in [0, 0.1) is 0 Å². The zero-order valence-electron chi connectivity index (χ0n) is 14.2. The summed E-state index contributed by atoms with van der Waals surface area (Å²) < 4.78 is 0. The number of carbonyl (C=O) groups excluding carboxylic acids is 2. The summed E-state index contributed by atoms with van der Waals surface area (Å²) in [5.74, 6) is -0.635. The number of nitrogens with two attached hydrogens (primary N) is 1. The van der Waals surface area contributed by atoms with E-state index in [1.807, 2.05) is 0 Å². The summed E-state index contributed by atoms with van der Waals surface area (Å²) in [5.41, 5.74) is 7.00. The minimum Gasteiger partial charge on any atom is -0.507 e. The predicted octanol–water partition coefficient (Wildman–Crippen LogP) is 1.19. The quantitative estimate of drug-likeness (QED) is 0.425. The van der Waals surface area contributed by atoms with Crippen molar-refractivity contribution in [2.45, 2.75) is 6.42 Å². The molecular weight excluding hydrogens is 294 g/mol. The molecule has 6 nitrogen and oxygen atoms in total. The second kappa shape index (κ2) is 7.89. The van der Waals surface area contributed by atoms with Crippen LogP contribution in [-0.4, -0.2) is 67.8 Å². The number of benzene rings is 1. The molecule has 1 aromatic carbocycles. The molecule has 0 aliphatic carbocycles. The number of hydrogen-bond acceptors (Lipinski definition) is 6. The fourth-order valence-electron chi connectivity index (χ4n) is 2.28. The molecule has 3 N–H and O–H groups in total. The lowest BCUT2D eigenvalue weighted by molar-refractivity contribution is 0.0955. The summed E-state index contributed by atoms with van der Waals surface area (Å²) >= 11 is 0. The van der Waals surface area contributed by atoms with Gasteiger partial charge < -0.3 is 20.6 Å². The van der Waals surface area contributed by atoms with Crippen molar-refractivity contribution in [2.75, 3.05) is 47.0 Å². The van der Waals surface area contributed by atoms with Gasteiger partial charge in [0.15, 0.2) is 11.6 Å². The highest BCUT2D eigenvalue weighted by molar-refractivity contribution is 6.08. The largest absolute Gasteiger partial charge is 0.507 e. The molecule has 1 aromatic rings. The maximum Gasteiger partial charge on any atom is 0.180 e. The van der Waals surface area contributed by atoms with Gasteiger partial charge in [0, 0.05) is 16.8 Å². The zero-order chi connectivity index (χ0) is 17.7. The van der Waals surface area contributed by atoms with Gasteiger partial charge in [0.2, 0.25) is 0 Å². The number of anilines is 1. The molecule has 6 heteroatoms. The van der Waals surface area contributed by atoms with Crippen LogP contribution in [0.5, 0.6) is 5.75 Å². The number of aromatic hydroxyl groups is 1. The molecule has 126 valence electrons. The van der Waals surface area contributed by atoms with Crippen molar-refractivity contribution in [3.05, 3.63) is 35.4 Å². The van der Waals surface area contributed by atoms with Crippen LogP contribution in [0.2, 0.25) is 0 Å². The molecule has 0 heterocycles. The van der Waals surface area contributed by atoms with Gasteiger partial charge in [-0.3, -0.25) is 9.59 Å². The third-order valence-electron chi connectivity index (χ3n) is 3.31. The van der Waals surface area contributed by atoms with E-state index in [4.69, 9.17) is 5.73 Å². The second-order valence-electron chi connectivity index (χ2n) is 6.03. The highest BCUT2D eigenvalue weighted by Crippen LogP contribution is 2.33. The molecule has 0 aromatic heterocycles. The Hall–Kier alpha value is -2.18. The fourth-order valence-corrected chi connectivity index (χ4v) is 2.28. The first-order valence-electron chi connectivity index (χ1n) is 7.30. The van der Waals surface area contributed by atoms with Crippen molar-refractivity contribution in [1.82, 2.24) is 9.80 Å². The van der Waals surface area contributed by atoms with Gasteiger partial charge in [-0.05, 0) is 40.7 Å². The van der Waals surface area contributed by atoms with E-state index in [1.165, 1.54) is 6.07 Å². The van der Waals surface area contributed by atoms with Gasteiger partial charge in [0.1, 0.15) is 5.75 Å². The van der Waals surface area contributed by atoms with Crippen molar-refractivity contribution in [3.8, 4) is 5.75 Å². The Kier molecular flexibility index (Phi) is 6.48. The highest BCUT2D eigenvalue weighted by atomic mass is 16.3. The average Bonchev–Trinajstić information content (AvgIpc) is 2.41. The topological polar surface area (TPSA) is 86.9 Å². The first-order chi connectivity index (χ1) is 10.7. The Morgan fingerprint density at radius 2 is 1.61 bits per heavy atom. The Morgan fingerprint density at radius 1 is 1.13 bits per heavy atom. The molecule has 0 atom stereocenters. The maximum atomic E-state index is 12.4. The fraction of sp³-hybridized carbons (Fsp3) is 0.412. The molecule has 23 heavy (non-hydrogen) atoms. The number of nitrogen functional groups attached to an aromatic ring is 1. The van der Waals surface area contributed by atoms with Gasteiger partial charge in [-0.2, -0.15) is 0 Å². The molecule has 0 saturated heterocycles. The van der Waals surface area contributed by atoms with E-state index in [1.54, 1.807) is 44.1 Å². The summed E-state index contributed by atoms with van der Waals surface area (Å²) in [7, 11) is 7.07. The molecule has 0 spiro atoms. The number of rotatable bonds is 8. The second-order valence-corrected chi connectivity index (χ2v) is 6.03. The molecule has 0 radical (unpaired) electrons. The minimum absolute atomic E-state index is 0.117. The van der Waals surface area contributed by atoms with E-state index >= 15 is 0 Å². The van der Waals surface area contributed by atoms with Crippen LogP contribution in [-0.2, 0) is 6.42 Å². The van der Waals surface area contributed by atoms with E-state index in [2.05, 4.69) is 6.58 Å². The van der Waals surface area contributed by atoms with Gasteiger partial charge in [-0.25, -0.2) is 0 Å². The first kappa shape index (κ1) is 18.9. The Morgan fingerprint density at radius 3 is 2.04 bits per heavy atom. The van der Waals surface area contributed by atoms with Gasteiger partial charge in [0.05, 0.1) is 18.7 Å². The monoisotopic (exact) mass is 319 g/mol. The van der Waals surface area contributed by atoms with Crippen LogP contribution >= 0.6 is 0 Å².